The van der Waals surface area contributed by atoms with Gasteiger partial charge in [-0.15, -0.1) is 11.3 Å². The number of aromatic nitrogens is 1. The van der Waals surface area contributed by atoms with Crippen LogP contribution in [-0.2, 0) is 22.4 Å². The predicted octanol–water partition coefficient (Wildman–Crippen LogP) is 4.32. The highest BCUT2D eigenvalue weighted by molar-refractivity contribution is 7.15. The summed E-state index contributed by atoms with van der Waals surface area (Å²) in [5.41, 5.74) is 1.79. The minimum Gasteiger partial charge on any atom is -0.311 e. The number of amides is 2. The molecule has 0 spiro atoms. The SMILES string of the molecule is CCCc1nc(NC(=O)CCC(=O)N(CCC#N)c2ccccc2)sc1CC. The van der Waals surface area contributed by atoms with Crippen molar-refractivity contribution in [1.82, 2.24) is 4.98 Å². The molecule has 148 valence electrons. The maximum atomic E-state index is 12.6. The number of thiazole rings is 1. The molecule has 0 aliphatic rings. The Labute approximate surface area is 170 Å². The molecular formula is C21H26N4O2S. The van der Waals surface area contributed by atoms with Crippen LogP contribution in [0.3, 0.4) is 0 Å². The van der Waals surface area contributed by atoms with Gasteiger partial charge in [0.2, 0.25) is 11.8 Å². The van der Waals surface area contributed by atoms with Crippen molar-refractivity contribution in [2.45, 2.75) is 52.4 Å². The number of nitriles is 1. The van der Waals surface area contributed by atoms with Crippen LogP contribution in [0.1, 0.15) is 50.1 Å². The van der Waals surface area contributed by atoms with Crippen molar-refractivity contribution in [3.05, 3.63) is 40.9 Å². The van der Waals surface area contributed by atoms with Crippen LogP contribution in [0, 0.1) is 11.3 Å². The van der Waals surface area contributed by atoms with Crippen LogP contribution in [-0.4, -0.2) is 23.3 Å². The van der Waals surface area contributed by atoms with E-state index in [0.29, 0.717) is 11.7 Å². The van der Waals surface area contributed by atoms with Gasteiger partial charge in [0.1, 0.15) is 0 Å². The number of anilines is 2. The van der Waals surface area contributed by atoms with Gasteiger partial charge in [-0.3, -0.25) is 9.59 Å². The van der Waals surface area contributed by atoms with Gasteiger partial charge in [-0.25, -0.2) is 4.98 Å². The Kier molecular flexibility index (Phi) is 8.63. The number of hydrogen-bond donors (Lipinski definition) is 1. The molecule has 0 fully saturated rings. The molecule has 1 aromatic heterocycles. The zero-order chi connectivity index (χ0) is 20.4. The average molecular weight is 399 g/mol. The van der Waals surface area contributed by atoms with E-state index < -0.39 is 0 Å². The molecule has 1 N–H and O–H groups in total. The molecular weight excluding hydrogens is 372 g/mol. The zero-order valence-corrected chi connectivity index (χ0v) is 17.2. The van der Waals surface area contributed by atoms with E-state index in [1.807, 2.05) is 30.3 Å². The molecule has 0 aliphatic heterocycles. The summed E-state index contributed by atoms with van der Waals surface area (Å²) in [4.78, 5) is 32.2. The van der Waals surface area contributed by atoms with Crippen LogP contribution in [0.4, 0.5) is 10.8 Å². The van der Waals surface area contributed by atoms with Crippen molar-refractivity contribution in [2.75, 3.05) is 16.8 Å². The van der Waals surface area contributed by atoms with Crippen LogP contribution < -0.4 is 10.2 Å². The highest BCUT2D eigenvalue weighted by atomic mass is 32.1. The zero-order valence-electron chi connectivity index (χ0n) is 16.4. The Bertz CT molecular complexity index is 827. The standard InChI is InChI=1S/C21H26N4O2S/c1-3-9-17-18(4-2)28-21(23-17)24-19(26)12-13-20(27)25(15-8-14-22)16-10-6-5-7-11-16/h5-7,10-11H,3-4,8-9,12-13,15H2,1-2H3,(H,23,24,26). The number of para-hydroxylation sites is 1. The summed E-state index contributed by atoms with van der Waals surface area (Å²) in [5.74, 6) is -0.391. The minimum absolute atomic E-state index is 0.0822. The smallest absolute Gasteiger partial charge is 0.227 e. The molecule has 2 amide bonds. The lowest BCUT2D eigenvalue weighted by Crippen LogP contribution is -2.32. The molecule has 7 heteroatoms. The molecule has 2 rings (SSSR count). The number of aryl methyl sites for hydroxylation is 2. The summed E-state index contributed by atoms with van der Waals surface area (Å²) in [6, 6.07) is 11.3. The van der Waals surface area contributed by atoms with Crippen molar-refractivity contribution in [3.63, 3.8) is 0 Å². The van der Waals surface area contributed by atoms with E-state index >= 15 is 0 Å². The molecule has 0 bridgehead atoms. The molecule has 1 aromatic carbocycles. The fraction of sp³-hybridized carbons (Fsp3) is 0.429. The molecule has 0 saturated carbocycles. The average Bonchev–Trinajstić information content (AvgIpc) is 3.09. The van der Waals surface area contributed by atoms with Crippen LogP contribution in [0.5, 0.6) is 0 Å². The maximum absolute atomic E-state index is 12.6. The van der Waals surface area contributed by atoms with E-state index in [1.54, 1.807) is 4.90 Å². The topological polar surface area (TPSA) is 86.1 Å². The van der Waals surface area contributed by atoms with Crippen LogP contribution in [0.15, 0.2) is 30.3 Å². The van der Waals surface area contributed by atoms with E-state index in [1.165, 1.54) is 16.2 Å². The van der Waals surface area contributed by atoms with Gasteiger partial charge >= 0.3 is 0 Å². The van der Waals surface area contributed by atoms with Crippen molar-refractivity contribution in [3.8, 4) is 6.07 Å². The molecule has 0 unspecified atom stereocenters. The molecule has 2 aromatic rings. The number of carbonyl (C=O) groups excluding carboxylic acids is 2. The number of benzene rings is 1. The third-order valence-electron chi connectivity index (χ3n) is 4.21. The number of carbonyl (C=O) groups is 2. The van der Waals surface area contributed by atoms with Crippen LogP contribution in [0.25, 0.3) is 0 Å². The highest BCUT2D eigenvalue weighted by Gasteiger charge is 2.17. The first-order chi connectivity index (χ1) is 13.6. The van der Waals surface area contributed by atoms with E-state index in [4.69, 9.17) is 5.26 Å². The van der Waals surface area contributed by atoms with Crippen molar-refractivity contribution < 1.29 is 9.59 Å². The first kappa shape index (κ1) is 21.6. The molecule has 6 nitrogen and oxygen atoms in total. The molecule has 0 aliphatic carbocycles. The van der Waals surface area contributed by atoms with Gasteiger partial charge in [0.15, 0.2) is 5.13 Å². The maximum Gasteiger partial charge on any atom is 0.227 e. The monoisotopic (exact) mass is 398 g/mol. The number of nitrogens with one attached hydrogen (secondary N) is 1. The van der Waals surface area contributed by atoms with Crippen molar-refractivity contribution in [2.24, 2.45) is 0 Å². The van der Waals surface area contributed by atoms with E-state index in [9.17, 15) is 9.59 Å². The summed E-state index contributed by atoms with van der Waals surface area (Å²) in [5, 5.41) is 12.3. The predicted molar refractivity (Wildman–Crippen MR) is 112 cm³/mol. The Hall–Kier alpha value is -2.72. The number of hydrogen-bond acceptors (Lipinski definition) is 5. The second kappa shape index (κ2) is 11.2. The Morgan fingerprint density at radius 3 is 2.61 bits per heavy atom. The van der Waals surface area contributed by atoms with E-state index in [-0.39, 0.29) is 31.1 Å². The van der Waals surface area contributed by atoms with Gasteiger partial charge in [-0.1, -0.05) is 38.5 Å². The van der Waals surface area contributed by atoms with Crippen LogP contribution in [0.2, 0.25) is 0 Å². The first-order valence-corrected chi connectivity index (χ1v) is 10.4. The highest BCUT2D eigenvalue weighted by Crippen LogP contribution is 2.25. The lowest BCUT2D eigenvalue weighted by atomic mass is 10.2. The second-order valence-electron chi connectivity index (χ2n) is 6.33. The fourth-order valence-electron chi connectivity index (χ4n) is 2.85. The van der Waals surface area contributed by atoms with E-state index in [0.717, 1.165) is 30.6 Å². The van der Waals surface area contributed by atoms with Crippen molar-refractivity contribution in [1.29, 1.82) is 5.26 Å². The fourth-order valence-corrected chi connectivity index (χ4v) is 3.81. The molecule has 0 saturated heterocycles. The normalized spacial score (nSPS) is 10.3. The molecule has 0 radical (unpaired) electrons. The Balaban J connectivity index is 1.95. The largest absolute Gasteiger partial charge is 0.311 e. The lowest BCUT2D eigenvalue weighted by Gasteiger charge is -2.21. The minimum atomic E-state index is -0.221. The Morgan fingerprint density at radius 2 is 1.96 bits per heavy atom. The van der Waals surface area contributed by atoms with Gasteiger partial charge in [0.25, 0.3) is 0 Å². The summed E-state index contributed by atoms with van der Waals surface area (Å²) in [6.07, 6.45) is 3.21. The quantitative estimate of drug-likeness (QED) is 0.646. The van der Waals surface area contributed by atoms with E-state index in [2.05, 4.69) is 30.2 Å². The number of rotatable bonds is 10. The number of nitrogens with zero attached hydrogens (tertiary/aromatic N) is 3. The van der Waals surface area contributed by atoms with Crippen LogP contribution >= 0.6 is 11.3 Å². The summed E-state index contributed by atoms with van der Waals surface area (Å²) in [7, 11) is 0. The third kappa shape index (κ3) is 6.17. The van der Waals surface area contributed by atoms with Gasteiger partial charge in [0, 0.05) is 30.0 Å². The summed E-state index contributed by atoms with van der Waals surface area (Å²) in [6.45, 7) is 4.50. The van der Waals surface area contributed by atoms with Gasteiger partial charge < -0.3 is 10.2 Å². The summed E-state index contributed by atoms with van der Waals surface area (Å²) < 4.78 is 0. The second-order valence-corrected chi connectivity index (χ2v) is 7.41. The molecule has 1 heterocycles. The summed E-state index contributed by atoms with van der Waals surface area (Å²) >= 11 is 1.50. The van der Waals surface area contributed by atoms with Gasteiger partial charge in [-0.2, -0.15) is 5.26 Å². The van der Waals surface area contributed by atoms with Crippen molar-refractivity contribution >= 4 is 34.0 Å². The first-order valence-electron chi connectivity index (χ1n) is 9.59. The lowest BCUT2D eigenvalue weighted by molar-refractivity contribution is -0.122. The molecule has 28 heavy (non-hydrogen) atoms. The Morgan fingerprint density at radius 1 is 1.21 bits per heavy atom. The van der Waals surface area contributed by atoms with Gasteiger partial charge in [-0.05, 0) is 25.0 Å². The third-order valence-corrected chi connectivity index (χ3v) is 5.37. The molecule has 0 atom stereocenters. The van der Waals surface area contributed by atoms with Gasteiger partial charge in [0.05, 0.1) is 18.2 Å².